The highest BCUT2D eigenvalue weighted by Gasteiger charge is 2.20. The number of nitrogens with zero attached hydrogens (tertiary/aromatic N) is 6. The summed E-state index contributed by atoms with van der Waals surface area (Å²) in [5.41, 5.74) is 6.62. The smallest absolute Gasteiger partial charge is 0.182 e. The van der Waals surface area contributed by atoms with E-state index in [0.717, 1.165) is 44.9 Å². The van der Waals surface area contributed by atoms with E-state index in [-0.39, 0.29) is 11.2 Å². The van der Waals surface area contributed by atoms with Crippen molar-refractivity contribution in [3.8, 4) is 17.1 Å². The van der Waals surface area contributed by atoms with Gasteiger partial charge in [0.15, 0.2) is 5.43 Å². The first-order chi connectivity index (χ1) is 23.6. The van der Waals surface area contributed by atoms with Gasteiger partial charge in [-0.15, -0.1) is 0 Å². The molecule has 238 valence electrons. The minimum absolute atomic E-state index is 0.0895. The molecule has 9 heteroatoms. The van der Waals surface area contributed by atoms with Crippen molar-refractivity contribution in [1.29, 1.82) is 0 Å². The zero-order valence-corrected chi connectivity index (χ0v) is 26.3. The number of aromatic nitrogens is 4. The lowest BCUT2D eigenvalue weighted by Crippen LogP contribution is -2.24. The summed E-state index contributed by atoms with van der Waals surface area (Å²) in [6.45, 7) is 3.28. The van der Waals surface area contributed by atoms with Crippen LogP contribution in [0.15, 0.2) is 137 Å². The van der Waals surface area contributed by atoms with Gasteiger partial charge in [-0.1, -0.05) is 24.3 Å². The van der Waals surface area contributed by atoms with Gasteiger partial charge in [0.1, 0.15) is 17.1 Å². The molecule has 1 aromatic carbocycles. The molecule has 9 nitrogen and oxygen atoms in total. The number of phenols is 1. The van der Waals surface area contributed by atoms with E-state index in [9.17, 15) is 9.90 Å². The van der Waals surface area contributed by atoms with E-state index in [0.29, 0.717) is 50.6 Å². The van der Waals surface area contributed by atoms with Crippen molar-refractivity contribution in [1.82, 2.24) is 29.7 Å². The highest BCUT2D eigenvalue weighted by molar-refractivity contribution is 5.87. The molecular weight excluding hydrogens is 600 g/mol. The van der Waals surface area contributed by atoms with Crippen LogP contribution in [0.25, 0.3) is 22.3 Å². The monoisotopic (exact) mass is 634 g/mol. The summed E-state index contributed by atoms with van der Waals surface area (Å²) in [6, 6.07) is 32.2. The van der Waals surface area contributed by atoms with E-state index in [4.69, 9.17) is 4.42 Å². The summed E-state index contributed by atoms with van der Waals surface area (Å²) >= 11 is 0. The topological polar surface area (TPSA) is 108 Å². The molecule has 1 aliphatic heterocycles. The number of rotatable bonds is 12. The summed E-state index contributed by atoms with van der Waals surface area (Å²) < 4.78 is 6.38. The predicted octanol–water partition coefficient (Wildman–Crippen LogP) is 6.59. The molecule has 0 saturated heterocycles. The Balaban J connectivity index is 1.27. The fourth-order valence-corrected chi connectivity index (χ4v) is 6.05. The first-order valence-corrected chi connectivity index (χ1v) is 15.8. The third kappa shape index (κ3) is 7.60. The van der Waals surface area contributed by atoms with Crippen LogP contribution in [-0.2, 0) is 39.3 Å². The maximum Gasteiger partial charge on any atom is 0.182 e. The van der Waals surface area contributed by atoms with Gasteiger partial charge < -0.3 is 9.52 Å². The Morgan fingerprint density at radius 1 is 0.542 bits per heavy atom. The fourth-order valence-electron chi connectivity index (χ4n) is 6.05. The van der Waals surface area contributed by atoms with Crippen LogP contribution in [0.4, 0.5) is 0 Å². The van der Waals surface area contributed by atoms with E-state index in [1.165, 1.54) is 6.07 Å². The average molecular weight is 635 g/mol. The van der Waals surface area contributed by atoms with Crippen LogP contribution < -0.4 is 5.43 Å². The van der Waals surface area contributed by atoms with Gasteiger partial charge in [-0.3, -0.25) is 34.5 Å². The Labute approximate surface area is 278 Å². The van der Waals surface area contributed by atoms with Gasteiger partial charge in [-0.25, -0.2) is 0 Å². The van der Waals surface area contributed by atoms with Gasteiger partial charge in [-0.05, 0) is 77.9 Å². The zero-order valence-electron chi connectivity index (χ0n) is 26.3. The molecule has 0 atom stereocenters. The van der Waals surface area contributed by atoms with Crippen molar-refractivity contribution < 1.29 is 9.52 Å². The highest BCUT2D eigenvalue weighted by Crippen LogP contribution is 2.35. The molecule has 4 aromatic heterocycles. The number of aromatic hydroxyl groups is 1. The van der Waals surface area contributed by atoms with Crippen molar-refractivity contribution in [2.24, 2.45) is 0 Å². The lowest BCUT2D eigenvalue weighted by molar-refractivity contribution is 0.241. The maximum atomic E-state index is 13.0. The molecule has 5 heterocycles. The zero-order chi connectivity index (χ0) is 32.7. The van der Waals surface area contributed by atoms with Gasteiger partial charge in [0.05, 0.1) is 22.8 Å². The second kappa shape index (κ2) is 14.3. The molecule has 0 amide bonds. The van der Waals surface area contributed by atoms with E-state index in [2.05, 4.69) is 35.8 Å². The Morgan fingerprint density at radius 2 is 1.02 bits per heavy atom. The minimum Gasteiger partial charge on any atom is -0.508 e. The minimum atomic E-state index is -0.145. The van der Waals surface area contributed by atoms with Crippen LogP contribution >= 0.6 is 0 Å². The van der Waals surface area contributed by atoms with Crippen LogP contribution in [0.1, 0.15) is 33.9 Å². The third-order valence-electron chi connectivity index (χ3n) is 8.16. The molecule has 1 aliphatic carbocycles. The summed E-state index contributed by atoms with van der Waals surface area (Å²) in [4.78, 5) is 35.7. The van der Waals surface area contributed by atoms with E-state index >= 15 is 0 Å². The second-order valence-electron chi connectivity index (χ2n) is 11.8. The molecule has 0 saturated carbocycles. The Bertz CT molecular complexity index is 2040. The number of phenolic OH excluding ortho intramolecular Hbond substituents is 1. The van der Waals surface area contributed by atoms with Crippen molar-refractivity contribution in [2.75, 3.05) is 0 Å². The first-order valence-electron chi connectivity index (χ1n) is 15.8. The van der Waals surface area contributed by atoms with Crippen molar-refractivity contribution in [3.05, 3.63) is 172 Å². The Morgan fingerprint density at radius 3 is 1.48 bits per heavy atom. The number of pyridine rings is 4. The predicted molar refractivity (Wildman–Crippen MR) is 184 cm³/mol. The van der Waals surface area contributed by atoms with Gasteiger partial charge in [0.25, 0.3) is 0 Å². The van der Waals surface area contributed by atoms with Gasteiger partial charge in [0.2, 0.25) is 0 Å². The first kappa shape index (κ1) is 30.9. The van der Waals surface area contributed by atoms with E-state index in [1.807, 2.05) is 72.8 Å². The molecule has 0 bridgehead atoms. The molecule has 0 spiro atoms. The SMILES string of the molecule is O=c1cc2oc3cc(O)cc(CN(Cc4ccccn4)Cc4ccccn4)c3cc-2c(CN(Cc2ccccn2)Cc2ccccn2)c1. The van der Waals surface area contributed by atoms with Crippen molar-refractivity contribution in [3.63, 3.8) is 0 Å². The molecule has 0 fully saturated rings. The van der Waals surface area contributed by atoms with Crippen LogP contribution in [-0.4, -0.2) is 34.8 Å². The van der Waals surface area contributed by atoms with Crippen LogP contribution in [0.5, 0.6) is 5.75 Å². The normalized spacial score (nSPS) is 11.5. The van der Waals surface area contributed by atoms with Gasteiger partial charge in [0, 0.05) is 87.1 Å². The quantitative estimate of drug-likeness (QED) is 0.149. The molecule has 2 aliphatic rings. The highest BCUT2D eigenvalue weighted by atomic mass is 16.3. The van der Waals surface area contributed by atoms with E-state index < -0.39 is 0 Å². The third-order valence-corrected chi connectivity index (χ3v) is 8.16. The van der Waals surface area contributed by atoms with Crippen molar-refractivity contribution in [2.45, 2.75) is 39.3 Å². The van der Waals surface area contributed by atoms with Crippen molar-refractivity contribution >= 4 is 11.0 Å². The standard InChI is InChI=1S/C39H34N6O3/c46-34-17-28(22-44(24-30-9-1-5-13-40-30)25-31-10-2-6-14-41-31)36-21-37-29(18-35(47)20-39(37)48-38(36)19-34)23-45(26-32-11-3-7-15-42-32)27-33-12-4-8-16-43-33/h1-21,46H,22-27H2. The Hall–Kier alpha value is -5.77. The summed E-state index contributed by atoms with van der Waals surface area (Å²) in [7, 11) is 0. The Kier molecular flexibility index (Phi) is 9.22. The van der Waals surface area contributed by atoms with Crippen LogP contribution in [0.3, 0.4) is 0 Å². The lowest BCUT2D eigenvalue weighted by Gasteiger charge is -2.24. The number of fused-ring (bicyclic) bond motifs is 2. The molecule has 0 radical (unpaired) electrons. The second-order valence-corrected chi connectivity index (χ2v) is 11.8. The average Bonchev–Trinajstić information content (AvgIpc) is 3.09. The summed E-state index contributed by atoms with van der Waals surface area (Å²) in [6.07, 6.45) is 7.16. The van der Waals surface area contributed by atoms with Gasteiger partial charge in [-0.2, -0.15) is 0 Å². The fraction of sp³-hybridized carbons (Fsp3) is 0.154. The molecule has 1 N–H and O–H groups in total. The number of hydrogen-bond donors (Lipinski definition) is 1. The van der Waals surface area contributed by atoms with Crippen LogP contribution in [0.2, 0.25) is 0 Å². The number of benzene rings is 2. The van der Waals surface area contributed by atoms with Gasteiger partial charge >= 0.3 is 0 Å². The largest absolute Gasteiger partial charge is 0.508 e. The lowest BCUT2D eigenvalue weighted by atomic mass is 9.98. The molecule has 48 heavy (non-hydrogen) atoms. The summed E-state index contributed by atoms with van der Waals surface area (Å²) in [5.74, 6) is 0.558. The number of hydrogen-bond acceptors (Lipinski definition) is 9. The molecule has 5 aromatic rings. The van der Waals surface area contributed by atoms with Crippen LogP contribution in [0, 0.1) is 0 Å². The molecular formula is C39H34N6O3. The maximum absolute atomic E-state index is 13.0. The molecule has 7 rings (SSSR count). The molecule has 0 unspecified atom stereocenters. The van der Waals surface area contributed by atoms with E-state index in [1.54, 1.807) is 43.0 Å². The summed E-state index contributed by atoms with van der Waals surface area (Å²) in [5, 5.41) is 11.7.